The average molecular weight is 265 g/mol. The van der Waals surface area contributed by atoms with E-state index in [-0.39, 0.29) is 5.91 Å². The van der Waals surface area contributed by atoms with Crippen molar-refractivity contribution in [3.8, 4) is 0 Å². The molecule has 0 unspecified atom stereocenters. The quantitative estimate of drug-likeness (QED) is 0.814. The van der Waals surface area contributed by atoms with Crippen molar-refractivity contribution in [2.24, 2.45) is 5.92 Å². The molecule has 0 atom stereocenters. The third-order valence-corrected chi connectivity index (χ3v) is 3.55. The first-order chi connectivity index (χ1) is 9.29. The molecule has 2 rings (SSSR count). The number of piperidine rings is 1. The molecule has 106 valence electrons. The summed E-state index contributed by atoms with van der Waals surface area (Å²) >= 11 is 0. The van der Waals surface area contributed by atoms with Gasteiger partial charge >= 0.3 is 0 Å². The van der Waals surface area contributed by atoms with Crippen LogP contribution in [0.3, 0.4) is 0 Å². The molecule has 1 aromatic rings. The van der Waals surface area contributed by atoms with Gasteiger partial charge in [-0.2, -0.15) is 5.10 Å². The zero-order chi connectivity index (χ0) is 13.5. The van der Waals surface area contributed by atoms with Gasteiger partial charge in [0.05, 0.1) is 0 Å². The number of nitrogens with zero attached hydrogens (tertiary/aromatic N) is 4. The van der Waals surface area contributed by atoms with Gasteiger partial charge < -0.3 is 10.2 Å². The van der Waals surface area contributed by atoms with Crippen molar-refractivity contribution in [2.75, 3.05) is 26.2 Å². The summed E-state index contributed by atoms with van der Waals surface area (Å²) in [5.41, 5.74) is 0. The first-order valence-electron chi connectivity index (χ1n) is 7.10. The summed E-state index contributed by atoms with van der Waals surface area (Å²) in [5.74, 6) is 0.776. The van der Waals surface area contributed by atoms with Crippen LogP contribution in [0.1, 0.15) is 26.2 Å². The normalized spacial score (nSPS) is 16.5. The number of carbonyl (C=O) groups is 1. The van der Waals surface area contributed by atoms with Crippen LogP contribution in [0.2, 0.25) is 0 Å². The van der Waals surface area contributed by atoms with Gasteiger partial charge in [-0.3, -0.25) is 4.79 Å². The van der Waals surface area contributed by atoms with E-state index < -0.39 is 0 Å². The average Bonchev–Trinajstić information content (AvgIpc) is 2.92. The van der Waals surface area contributed by atoms with E-state index in [1.807, 2.05) is 4.90 Å². The van der Waals surface area contributed by atoms with E-state index >= 15 is 0 Å². The first kappa shape index (κ1) is 14.0. The molecule has 0 aliphatic carbocycles. The lowest BCUT2D eigenvalue weighted by Crippen LogP contribution is -2.41. The van der Waals surface area contributed by atoms with Crippen LogP contribution in [0.25, 0.3) is 0 Å². The van der Waals surface area contributed by atoms with Crippen LogP contribution < -0.4 is 5.32 Å². The summed E-state index contributed by atoms with van der Waals surface area (Å²) in [6.07, 6.45) is 6.37. The first-order valence-corrected chi connectivity index (χ1v) is 7.10. The SMILES string of the molecule is CCCN(CC1CCNCC1)C(=O)Cn1cncn1. The minimum Gasteiger partial charge on any atom is -0.341 e. The highest BCUT2D eigenvalue weighted by Gasteiger charge is 2.20. The molecular weight excluding hydrogens is 242 g/mol. The van der Waals surface area contributed by atoms with E-state index in [4.69, 9.17) is 0 Å². The van der Waals surface area contributed by atoms with Gasteiger partial charge in [0.25, 0.3) is 0 Å². The number of amides is 1. The second kappa shape index (κ2) is 7.23. The number of carbonyl (C=O) groups excluding carboxylic acids is 1. The summed E-state index contributed by atoms with van der Waals surface area (Å²) in [5, 5.41) is 7.35. The van der Waals surface area contributed by atoms with Crippen molar-refractivity contribution < 1.29 is 4.79 Å². The molecule has 6 heteroatoms. The van der Waals surface area contributed by atoms with E-state index in [2.05, 4.69) is 22.3 Å². The van der Waals surface area contributed by atoms with Gasteiger partial charge in [-0.1, -0.05) is 6.92 Å². The fourth-order valence-corrected chi connectivity index (χ4v) is 2.52. The Morgan fingerprint density at radius 1 is 1.47 bits per heavy atom. The summed E-state index contributed by atoms with van der Waals surface area (Å²) in [6, 6.07) is 0. The maximum Gasteiger partial charge on any atom is 0.244 e. The van der Waals surface area contributed by atoms with Gasteiger partial charge in [-0.15, -0.1) is 0 Å². The van der Waals surface area contributed by atoms with Gasteiger partial charge in [0.1, 0.15) is 19.2 Å². The molecule has 1 aliphatic rings. The molecule has 2 heterocycles. The van der Waals surface area contributed by atoms with Gasteiger partial charge in [0, 0.05) is 13.1 Å². The fraction of sp³-hybridized carbons (Fsp3) is 0.769. The van der Waals surface area contributed by atoms with Crippen LogP contribution in [0.15, 0.2) is 12.7 Å². The maximum absolute atomic E-state index is 12.3. The largest absolute Gasteiger partial charge is 0.341 e. The monoisotopic (exact) mass is 265 g/mol. The van der Waals surface area contributed by atoms with Crippen LogP contribution in [0.5, 0.6) is 0 Å². The zero-order valence-electron chi connectivity index (χ0n) is 11.6. The van der Waals surface area contributed by atoms with Crippen molar-refractivity contribution in [3.63, 3.8) is 0 Å². The number of nitrogens with one attached hydrogen (secondary N) is 1. The topological polar surface area (TPSA) is 63.1 Å². The Balaban J connectivity index is 1.88. The molecule has 19 heavy (non-hydrogen) atoms. The molecule has 0 saturated carbocycles. The zero-order valence-corrected chi connectivity index (χ0v) is 11.6. The number of hydrogen-bond acceptors (Lipinski definition) is 4. The molecule has 1 N–H and O–H groups in total. The Kier molecular flexibility index (Phi) is 5.32. The predicted octanol–water partition coefficient (Wildman–Crippen LogP) is 0.516. The lowest BCUT2D eigenvalue weighted by Gasteiger charge is -2.30. The Morgan fingerprint density at radius 2 is 2.26 bits per heavy atom. The number of aromatic nitrogens is 3. The standard InChI is InChI=1S/C13H23N5O/c1-2-7-17(8-12-3-5-14-6-4-12)13(19)9-18-11-15-10-16-18/h10-12,14H,2-9H2,1H3. The minimum absolute atomic E-state index is 0.144. The summed E-state index contributed by atoms with van der Waals surface area (Å²) < 4.78 is 1.59. The molecule has 1 fully saturated rings. The van der Waals surface area contributed by atoms with Gasteiger partial charge in [0.2, 0.25) is 5.91 Å². The van der Waals surface area contributed by atoms with Crippen LogP contribution in [0, 0.1) is 5.92 Å². The van der Waals surface area contributed by atoms with E-state index in [1.165, 1.54) is 6.33 Å². The van der Waals surface area contributed by atoms with Crippen molar-refractivity contribution in [2.45, 2.75) is 32.7 Å². The fourth-order valence-electron chi connectivity index (χ4n) is 2.52. The number of rotatable bonds is 6. The predicted molar refractivity (Wildman–Crippen MR) is 72.5 cm³/mol. The van der Waals surface area contributed by atoms with Gasteiger partial charge in [0.15, 0.2) is 0 Å². The molecule has 6 nitrogen and oxygen atoms in total. The molecule has 0 spiro atoms. The summed E-state index contributed by atoms with van der Waals surface area (Å²) in [7, 11) is 0. The van der Waals surface area contributed by atoms with Crippen molar-refractivity contribution in [1.82, 2.24) is 25.0 Å². The molecule has 0 bridgehead atoms. The minimum atomic E-state index is 0.144. The Bertz CT molecular complexity index is 372. The van der Waals surface area contributed by atoms with E-state index in [1.54, 1.807) is 11.0 Å². The van der Waals surface area contributed by atoms with Crippen LogP contribution in [-0.4, -0.2) is 51.8 Å². The number of hydrogen-bond donors (Lipinski definition) is 1. The molecule has 1 aromatic heterocycles. The summed E-state index contributed by atoms with van der Waals surface area (Å²) in [4.78, 5) is 18.1. The smallest absolute Gasteiger partial charge is 0.244 e. The van der Waals surface area contributed by atoms with Gasteiger partial charge in [-0.05, 0) is 38.3 Å². The van der Waals surface area contributed by atoms with E-state index in [0.29, 0.717) is 12.5 Å². The Morgan fingerprint density at radius 3 is 2.89 bits per heavy atom. The van der Waals surface area contributed by atoms with Crippen LogP contribution in [-0.2, 0) is 11.3 Å². The van der Waals surface area contributed by atoms with Crippen LogP contribution >= 0.6 is 0 Å². The van der Waals surface area contributed by atoms with Crippen molar-refractivity contribution >= 4 is 5.91 Å². The Labute approximate surface area is 114 Å². The second-order valence-corrected chi connectivity index (χ2v) is 5.13. The lowest BCUT2D eigenvalue weighted by molar-refractivity contribution is -0.132. The highest BCUT2D eigenvalue weighted by molar-refractivity contribution is 5.75. The molecule has 0 aromatic carbocycles. The lowest BCUT2D eigenvalue weighted by atomic mass is 9.97. The highest BCUT2D eigenvalue weighted by Crippen LogP contribution is 2.14. The third kappa shape index (κ3) is 4.31. The molecular formula is C13H23N5O. The molecule has 1 amide bonds. The van der Waals surface area contributed by atoms with Crippen LogP contribution in [0.4, 0.5) is 0 Å². The Hall–Kier alpha value is -1.43. The second-order valence-electron chi connectivity index (χ2n) is 5.13. The molecule has 1 aliphatic heterocycles. The maximum atomic E-state index is 12.3. The van der Waals surface area contributed by atoms with Gasteiger partial charge in [-0.25, -0.2) is 9.67 Å². The summed E-state index contributed by atoms with van der Waals surface area (Å²) in [6.45, 7) is 6.26. The third-order valence-electron chi connectivity index (χ3n) is 3.55. The molecule has 1 saturated heterocycles. The highest BCUT2D eigenvalue weighted by atomic mass is 16.2. The van der Waals surface area contributed by atoms with Crippen molar-refractivity contribution in [1.29, 1.82) is 0 Å². The molecule has 0 radical (unpaired) electrons. The van der Waals surface area contributed by atoms with E-state index in [9.17, 15) is 4.79 Å². The van der Waals surface area contributed by atoms with Crippen molar-refractivity contribution in [3.05, 3.63) is 12.7 Å². The van der Waals surface area contributed by atoms with E-state index in [0.717, 1.165) is 45.4 Å².